The van der Waals surface area contributed by atoms with Crippen LogP contribution in [0.5, 0.6) is 5.75 Å². The molecule has 0 bridgehead atoms. The van der Waals surface area contributed by atoms with Crippen molar-refractivity contribution in [3.8, 4) is 5.75 Å². The van der Waals surface area contributed by atoms with E-state index in [1.54, 1.807) is 19.1 Å². The van der Waals surface area contributed by atoms with Gasteiger partial charge >= 0.3 is 5.97 Å². The number of hydrogen-bond donors (Lipinski definition) is 1. The molecule has 0 aromatic heterocycles. The summed E-state index contributed by atoms with van der Waals surface area (Å²) >= 11 is 6.14. The van der Waals surface area contributed by atoms with Crippen LogP contribution in [-0.4, -0.2) is 25.1 Å². The van der Waals surface area contributed by atoms with E-state index >= 15 is 0 Å². The van der Waals surface area contributed by atoms with Crippen molar-refractivity contribution in [2.24, 2.45) is 0 Å². The molecule has 2 rings (SSSR count). The Labute approximate surface area is 158 Å². The first-order valence-corrected chi connectivity index (χ1v) is 8.66. The average molecular weight is 376 g/mol. The molecule has 0 spiro atoms. The molecule has 0 saturated carbocycles. The maximum Gasteiger partial charge on any atom is 0.338 e. The molecule has 1 N–H and O–H groups in total. The van der Waals surface area contributed by atoms with Gasteiger partial charge in [0.15, 0.2) is 6.61 Å². The monoisotopic (exact) mass is 375 g/mol. The van der Waals surface area contributed by atoms with Gasteiger partial charge in [0.2, 0.25) is 0 Å². The molecule has 0 radical (unpaired) electrons. The number of anilines is 1. The highest BCUT2D eigenvalue weighted by molar-refractivity contribution is 6.34. The molecule has 138 valence electrons. The molecule has 0 fully saturated rings. The van der Waals surface area contributed by atoms with Crippen molar-refractivity contribution in [3.63, 3.8) is 0 Å². The van der Waals surface area contributed by atoms with Gasteiger partial charge in [-0.05, 0) is 68.7 Å². The van der Waals surface area contributed by atoms with Crippen LogP contribution in [0.25, 0.3) is 0 Å². The minimum Gasteiger partial charge on any atom is -0.483 e. The van der Waals surface area contributed by atoms with E-state index in [2.05, 4.69) is 11.4 Å². The number of carbonyl (C=O) groups excluding carboxylic acids is 2. The van der Waals surface area contributed by atoms with E-state index < -0.39 is 5.97 Å². The molecule has 0 saturated heterocycles. The summed E-state index contributed by atoms with van der Waals surface area (Å²) in [6.45, 7) is 7.80. The topological polar surface area (TPSA) is 64.6 Å². The number of halogens is 1. The molecule has 0 aliphatic carbocycles. The lowest BCUT2D eigenvalue weighted by Crippen LogP contribution is -2.21. The fourth-order valence-electron chi connectivity index (χ4n) is 2.44. The van der Waals surface area contributed by atoms with Crippen LogP contribution in [0.1, 0.15) is 34.0 Å². The number of carbonyl (C=O) groups is 2. The minimum absolute atomic E-state index is 0.139. The highest BCUT2D eigenvalue weighted by Crippen LogP contribution is 2.25. The second kappa shape index (κ2) is 8.72. The third kappa shape index (κ3) is 4.99. The second-order valence-corrected chi connectivity index (χ2v) is 6.36. The Balaban J connectivity index is 2.01. The standard InChI is InChI=1S/C20H22ClNO4/c1-5-25-20(24)15-6-7-17(16(21)10-15)22-19(23)11-26-18-9-12(2)8-13(3)14(18)4/h6-10H,5,11H2,1-4H3,(H,22,23). The molecule has 0 atom stereocenters. The lowest BCUT2D eigenvalue weighted by Gasteiger charge is -2.13. The number of hydrogen-bond acceptors (Lipinski definition) is 4. The second-order valence-electron chi connectivity index (χ2n) is 5.96. The van der Waals surface area contributed by atoms with Gasteiger partial charge < -0.3 is 14.8 Å². The Morgan fingerprint density at radius 1 is 1.12 bits per heavy atom. The fraction of sp³-hybridized carbons (Fsp3) is 0.300. The highest BCUT2D eigenvalue weighted by atomic mass is 35.5. The van der Waals surface area contributed by atoms with Crippen LogP contribution in [0, 0.1) is 20.8 Å². The Morgan fingerprint density at radius 3 is 2.50 bits per heavy atom. The predicted molar refractivity (Wildman–Crippen MR) is 102 cm³/mol. The van der Waals surface area contributed by atoms with Gasteiger partial charge in [0, 0.05) is 0 Å². The maximum atomic E-state index is 12.2. The van der Waals surface area contributed by atoms with Crippen LogP contribution in [0.15, 0.2) is 30.3 Å². The molecular weight excluding hydrogens is 354 g/mol. The van der Waals surface area contributed by atoms with Crippen molar-refractivity contribution >= 4 is 29.2 Å². The first-order chi connectivity index (χ1) is 12.3. The molecule has 0 unspecified atom stereocenters. The number of benzene rings is 2. The molecule has 5 nitrogen and oxygen atoms in total. The number of aryl methyl sites for hydroxylation is 2. The van der Waals surface area contributed by atoms with E-state index in [1.807, 2.05) is 26.8 Å². The summed E-state index contributed by atoms with van der Waals surface area (Å²) in [6, 6.07) is 8.54. The van der Waals surface area contributed by atoms with Gasteiger partial charge in [-0.2, -0.15) is 0 Å². The third-order valence-corrected chi connectivity index (χ3v) is 4.19. The lowest BCUT2D eigenvalue weighted by atomic mass is 10.1. The van der Waals surface area contributed by atoms with Crippen molar-refractivity contribution in [3.05, 3.63) is 57.6 Å². The molecular formula is C20H22ClNO4. The number of amides is 1. The Bertz CT molecular complexity index is 833. The zero-order valence-electron chi connectivity index (χ0n) is 15.3. The molecule has 0 aliphatic heterocycles. The van der Waals surface area contributed by atoms with Crippen LogP contribution in [0.2, 0.25) is 5.02 Å². The number of rotatable bonds is 6. The van der Waals surface area contributed by atoms with Crippen LogP contribution in [0.4, 0.5) is 5.69 Å². The maximum absolute atomic E-state index is 12.2. The molecule has 0 aliphatic rings. The van der Waals surface area contributed by atoms with E-state index in [-0.39, 0.29) is 24.1 Å². The van der Waals surface area contributed by atoms with E-state index in [4.69, 9.17) is 21.1 Å². The van der Waals surface area contributed by atoms with Crippen molar-refractivity contribution in [1.29, 1.82) is 0 Å². The normalized spacial score (nSPS) is 10.3. The average Bonchev–Trinajstić information content (AvgIpc) is 2.58. The van der Waals surface area contributed by atoms with Crippen LogP contribution >= 0.6 is 11.6 Å². The summed E-state index contributed by atoms with van der Waals surface area (Å²) in [6.07, 6.45) is 0. The van der Waals surface area contributed by atoms with Crippen LogP contribution < -0.4 is 10.1 Å². The van der Waals surface area contributed by atoms with Crippen molar-refractivity contribution in [1.82, 2.24) is 0 Å². The van der Waals surface area contributed by atoms with Crippen LogP contribution in [-0.2, 0) is 9.53 Å². The smallest absolute Gasteiger partial charge is 0.338 e. The number of ether oxygens (including phenoxy) is 2. The minimum atomic E-state index is -0.457. The van der Waals surface area contributed by atoms with Crippen molar-refractivity contribution in [2.45, 2.75) is 27.7 Å². The fourth-order valence-corrected chi connectivity index (χ4v) is 2.67. The Morgan fingerprint density at radius 2 is 1.85 bits per heavy atom. The number of nitrogens with one attached hydrogen (secondary N) is 1. The summed E-state index contributed by atoms with van der Waals surface area (Å²) in [5.74, 6) is -0.114. The van der Waals surface area contributed by atoms with Gasteiger partial charge in [0.25, 0.3) is 5.91 Å². The molecule has 2 aromatic carbocycles. The summed E-state index contributed by atoms with van der Waals surface area (Å²) in [5, 5.41) is 2.94. The molecule has 0 heterocycles. The van der Waals surface area contributed by atoms with Crippen molar-refractivity contribution in [2.75, 3.05) is 18.5 Å². The van der Waals surface area contributed by atoms with E-state index in [0.29, 0.717) is 17.0 Å². The zero-order valence-corrected chi connectivity index (χ0v) is 16.1. The van der Waals surface area contributed by atoms with Gasteiger partial charge in [-0.1, -0.05) is 17.7 Å². The van der Waals surface area contributed by atoms with E-state index in [0.717, 1.165) is 16.7 Å². The first-order valence-electron chi connectivity index (χ1n) is 8.29. The SMILES string of the molecule is CCOC(=O)c1ccc(NC(=O)COc2cc(C)cc(C)c2C)c(Cl)c1. The summed E-state index contributed by atoms with van der Waals surface area (Å²) in [4.78, 5) is 23.8. The quantitative estimate of drug-likeness (QED) is 0.757. The van der Waals surface area contributed by atoms with Crippen LogP contribution in [0.3, 0.4) is 0 Å². The summed E-state index contributed by atoms with van der Waals surface area (Å²) < 4.78 is 10.6. The largest absolute Gasteiger partial charge is 0.483 e. The lowest BCUT2D eigenvalue weighted by molar-refractivity contribution is -0.118. The predicted octanol–water partition coefficient (Wildman–Crippen LogP) is 4.46. The van der Waals surface area contributed by atoms with E-state index in [1.165, 1.54) is 6.07 Å². The van der Waals surface area contributed by atoms with E-state index in [9.17, 15) is 9.59 Å². The Kier molecular flexibility index (Phi) is 6.64. The van der Waals surface area contributed by atoms with Crippen molar-refractivity contribution < 1.29 is 19.1 Å². The first kappa shape index (κ1) is 19.8. The third-order valence-electron chi connectivity index (χ3n) is 3.88. The van der Waals surface area contributed by atoms with Gasteiger partial charge in [-0.25, -0.2) is 4.79 Å². The summed E-state index contributed by atoms with van der Waals surface area (Å²) in [5.41, 5.74) is 3.92. The number of esters is 1. The highest BCUT2D eigenvalue weighted by Gasteiger charge is 2.12. The Hall–Kier alpha value is -2.53. The molecule has 2 aromatic rings. The van der Waals surface area contributed by atoms with Gasteiger partial charge in [-0.3, -0.25) is 4.79 Å². The van der Waals surface area contributed by atoms with Gasteiger partial charge in [-0.15, -0.1) is 0 Å². The van der Waals surface area contributed by atoms with Gasteiger partial charge in [0.05, 0.1) is 22.9 Å². The van der Waals surface area contributed by atoms with Gasteiger partial charge in [0.1, 0.15) is 5.75 Å². The zero-order chi connectivity index (χ0) is 19.3. The molecule has 26 heavy (non-hydrogen) atoms. The summed E-state index contributed by atoms with van der Waals surface area (Å²) in [7, 11) is 0. The molecule has 6 heteroatoms. The molecule has 1 amide bonds.